The van der Waals surface area contributed by atoms with E-state index >= 15 is 0 Å². The van der Waals surface area contributed by atoms with Gasteiger partial charge in [0, 0.05) is 18.0 Å². The monoisotopic (exact) mass is 348 g/mol. The Morgan fingerprint density at radius 1 is 0.923 bits per heavy atom. The standard InChI is InChI=1S/C21H20N2O3/c24-14-19(13-15-1-7-20(25)8-2-15)23-21(26)18-5-3-16(4-6-18)17-9-11-22-12-10-17/h1-12,19,24-25H,13-14H2,(H,23,26). The number of amides is 1. The molecule has 0 bridgehead atoms. The lowest BCUT2D eigenvalue weighted by Gasteiger charge is -2.16. The van der Waals surface area contributed by atoms with Crippen LogP contribution in [-0.2, 0) is 6.42 Å². The van der Waals surface area contributed by atoms with Gasteiger partial charge in [-0.3, -0.25) is 9.78 Å². The molecular formula is C21H20N2O3. The smallest absolute Gasteiger partial charge is 0.251 e. The van der Waals surface area contributed by atoms with Crippen LogP contribution in [-0.4, -0.2) is 33.8 Å². The summed E-state index contributed by atoms with van der Waals surface area (Å²) in [5, 5.41) is 21.7. The van der Waals surface area contributed by atoms with Gasteiger partial charge in [-0.15, -0.1) is 0 Å². The Hall–Kier alpha value is -3.18. The van der Waals surface area contributed by atoms with Crippen LogP contribution in [0.25, 0.3) is 11.1 Å². The maximum absolute atomic E-state index is 12.4. The number of nitrogens with one attached hydrogen (secondary N) is 1. The number of aliphatic hydroxyl groups is 1. The van der Waals surface area contributed by atoms with Crippen molar-refractivity contribution in [2.45, 2.75) is 12.5 Å². The number of carbonyl (C=O) groups is 1. The van der Waals surface area contributed by atoms with Gasteiger partial charge in [0.15, 0.2) is 0 Å². The van der Waals surface area contributed by atoms with E-state index in [-0.39, 0.29) is 18.3 Å². The highest BCUT2D eigenvalue weighted by atomic mass is 16.3. The first-order chi connectivity index (χ1) is 12.7. The number of nitrogens with zero attached hydrogens (tertiary/aromatic N) is 1. The van der Waals surface area contributed by atoms with Crippen LogP contribution in [0, 0.1) is 0 Å². The summed E-state index contributed by atoms with van der Waals surface area (Å²) in [6, 6.07) is 17.4. The van der Waals surface area contributed by atoms with Gasteiger partial charge in [-0.2, -0.15) is 0 Å². The Morgan fingerprint density at radius 3 is 2.15 bits per heavy atom. The Labute approximate surface area is 152 Å². The number of hydrogen-bond donors (Lipinski definition) is 3. The molecule has 0 aliphatic heterocycles. The van der Waals surface area contributed by atoms with E-state index in [1.165, 1.54) is 0 Å². The van der Waals surface area contributed by atoms with Crippen LogP contribution in [0.3, 0.4) is 0 Å². The highest BCUT2D eigenvalue weighted by Crippen LogP contribution is 2.19. The summed E-state index contributed by atoms with van der Waals surface area (Å²) in [6.07, 6.45) is 3.94. The molecule has 0 aliphatic rings. The molecule has 0 saturated carbocycles. The summed E-state index contributed by atoms with van der Waals surface area (Å²) in [5.74, 6) is -0.0447. The molecule has 3 rings (SSSR count). The maximum atomic E-state index is 12.4. The molecule has 26 heavy (non-hydrogen) atoms. The van der Waals surface area contributed by atoms with Crippen molar-refractivity contribution in [3.63, 3.8) is 0 Å². The van der Waals surface area contributed by atoms with Crippen LogP contribution < -0.4 is 5.32 Å². The third kappa shape index (κ3) is 4.46. The molecule has 0 aliphatic carbocycles. The van der Waals surface area contributed by atoms with Crippen molar-refractivity contribution < 1.29 is 15.0 Å². The van der Waals surface area contributed by atoms with E-state index in [2.05, 4.69) is 10.3 Å². The molecule has 1 amide bonds. The van der Waals surface area contributed by atoms with E-state index < -0.39 is 6.04 Å². The summed E-state index contributed by atoms with van der Waals surface area (Å²) in [5.41, 5.74) is 3.50. The van der Waals surface area contributed by atoms with E-state index in [0.717, 1.165) is 16.7 Å². The summed E-state index contributed by atoms with van der Waals surface area (Å²) in [6.45, 7) is -0.165. The van der Waals surface area contributed by atoms with Crippen molar-refractivity contribution in [1.82, 2.24) is 10.3 Å². The van der Waals surface area contributed by atoms with Crippen LogP contribution in [0.4, 0.5) is 0 Å². The maximum Gasteiger partial charge on any atom is 0.251 e. The molecule has 3 aromatic rings. The first-order valence-electron chi connectivity index (χ1n) is 8.36. The second-order valence-corrected chi connectivity index (χ2v) is 6.04. The quantitative estimate of drug-likeness (QED) is 0.640. The molecule has 0 spiro atoms. The third-order valence-corrected chi connectivity index (χ3v) is 4.13. The van der Waals surface area contributed by atoms with Crippen molar-refractivity contribution in [2.75, 3.05) is 6.61 Å². The predicted molar refractivity (Wildman–Crippen MR) is 99.8 cm³/mol. The number of phenols is 1. The van der Waals surface area contributed by atoms with E-state index in [1.54, 1.807) is 48.8 Å². The molecule has 1 unspecified atom stereocenters. The third-order valence-electron chi connectivity index (χ3n) is 4.13. The first kappa shape index (κ1) is 17.6. The highest BCUT2D eigenvalue weighted by molar-refractivity contribution is 5.94. The number of hydrogen-bond acceptors (Lipinski definition) is 4. The van der Waals surface area contributed by atoms with Crippen LogP contribution in [0.1, 0.15) is 15.9 Å². The molecule has 5 nitrogen and oxygen atoms in total. The van der Waals surface area contributed by atoms with E-state index in [1.807, 2.05) is 24.3 Å². The van der Waals surface area contributed by atoms with Gasteiger partial charge < -0.3 is 15.5 Å². The summed E-state index contributed by atoms with van der Waals surface area (Å²) >= 11 is 0. The average molecular weight is 348 g/mol. The summed E-state index contributed by atoms with van der Waals surface area (Å²) in [4.78, 5) is 16.4. The average Bonchev–Trinajstić information content (AvgIpc) is 2.70. The largest absolute Gasteiger partial charge is 0.508 e. The van der Waals surface area contributed by atoms with Crippen LogP contribution in [0.15, 0.2) is 73.1 Å². The number of phenolic OH excluding ortho intramolecular Hbond substituents is 1. The number of rotatable bonds is 6. The lowest BCUT2D eigenvalue weighted by Crippen LogP contribution is -2.39. The van der Waals surface area contributed by atoms with Crippen molar-refractivity contribution in [1.29, 1.82) is 0 Å². The lowest BCUT2D eigenvalue weighted by molar-refractivity contribution is 0.0916. The molecule has 0 fully saturated rings. The molecule has 1 atom stereocenters. The molecular weight excluding hydrogens is 328 g/mol. The van der Waals surface area contributed by atoms with Gasteiger partial charge in [0.2, 0.25) is 0 Å². The molecule has 1 aromatic heterocycles. The highest BCUT2D eigenvalue weighted by Gasteiger charge is 2.14. The Morgan fingerprint density at radius 2 is 1.54 bits per heavy atom. The minimum Gasteiger partial charge on any atom is -0.508 e. The fraction of sp³-hybridized carbons (Fsp3) is 0.143. The molecule has 132 valence electrons. The van der Waals surface area contributed by atoms with Crippen LogP contribution in [0.5, 0.6) is 5.75 Å². The van der Waals surface area contributed by atoms with Crippen molar-refractivity contribution in [3.8, 4) is 16.9 Å². The van der Waals surface area contributed by atoms with Gasteiger partial charge >= 0.3 is 0 Å². The summed E-state index contributed by atoms with van der Waals surface area (Å²) < 4.78 is 0. The molecule has 0 radical (unpaired) electrons. The van der Waals surface area contributed by atoms with Crippen molar-refractivity contribution in [2.24, 2.45) is 0 Å². The normalized spacial score (nSPS) is 11.7. The van der Waals surface area contributed by atoms with Gasteiger partial charge in [0.05, 0.1) is 12.6 Å². The zero-order chi connectivity index (χ0) is 18.4. The minimum atomic E-state index is -0.396. The Bertz CT molecular complexity index is 847. The van der Waals surface area contributed by atoms with Gasteiger partial charge in [-0.25, -0.2) is 0 Å². The Kier molecular flexibility index (Phi) is 5.61. The number of benzene rings is 2. The van der Waals surface area contributed by atoms with Gasteiger partial charge in [-0.1, -0.05) is 24.3 Å². The topological polar surface area (TPSA) is 82.5 Å². The van der Waals surface area contributed by atoms with Crippen LogP contribution >= 0.6 is 0 Å². The fourth-order valence-electron chi connectivity index (χ4n) is 2.70. The molecule has 3 N–H and O–H groups in total. The van der Waals surface area contributed by atoms with E-state index in [4.69, 9.17) is 0 Å². The minimum absolute atomic E-state index is 0.165. The number of carbonyl (C=O) groups excluding carboxylic acids is 1. The van der Waals surface area contributed by atoms with Gasteiger partial charge in [-0.05, 0) is 59.5 Å². The zero-order valence-corrected chi connectivity index (χ0v) is 14.2. The van der Waals surface area contributed by atoms with Crippen molar-refractivity contribution in [3.05, 3.63) is 84.2 Å². The SMILES string of the molecule is O=C(NC(CO)Cc1ccc(O)cc1)c1ccc(-c2ccncc2)cc1. The summed E-state index contributed by atoms with van der Waals surface area (Å²) in [7, 11) is 0. The Balaban J connectivity index is 1.65. The van der Waals surface area contributed by atoms with Gasteiger partial charge in [0.25, 0.3) is 5.91 Å². The molecule has 0 saturated heterocycles. The second-order valence-electron chi connectivity index (χ2n) is 6.04. The van der Waals surface area contributed by atoms with E-state index in [9.17, 15) is 15.0 Å². The fourth-order valence-corrected chi connectivity index (χ4v) is 2.70. The molecule has 1 heterocycles. The second kappa shape index (κ2) is 8.27. The number of pyridine rings is 1. The van der Waals surface area contributed by atoms with Crippen LogP contribution in [0.2, 0.25) is 0 Å². The number of aromatic hydroxyl groups is 1. The zero-order valence-electron chi connectivity index (χ0n) is 14.2. The first-order valence-corrected chi connectivity index (χ1v) is 8.36. The molecule has 2 aromatic carbocycles. The number of aliphatic hydroxyl groups excluding tert-OH is 1. The van der Waals surface area contributed by atoms with Gasteiger partial charge in [0.1, 0.15) is 5.75 Å². The lowest BCUT2D eigenvalue weighted by atomic mass is 10.0. The number of aromatic nitrogens is 1. The van der Waals surface area contributed by atoms with Crippen molar-refractivity contribution >= 4 is 5.91 Å². The predicted octanol–water partition coefficient (Wildman–Crippen LogP) is 2.79. The molecule has 5 heteroatoms. The van der Waals surface area contributed by atoms with E-state index in [0.29, 0.717) is 12.0 Å².